The summed E-state index contributed by atoms with van der Waals surface area (Å²) >= 11 is 0. The van der Waals surface area contributed by atoms with Crippen molar-refractivity contribution in [3.63, 3.8) is 0 Å². The molecule has 1 aliphatic heterocycles. The van der Waals surface area contributed by atoms with Gasteiger partial charge in [-0.2, -0.15) is 0 Å². The second-order valence-electron chi connectivity index (χ2n) is 12.2. The molecular formula is C28H40O6. The maximum atomic E-state index is 12.6. The van der Waals surface area contributed by atoms with Crippen LogP contribution >= 0.6 is 0 Å². The van der Waals surface area contributed by atoms with Gasteiger partial charge in [-0.25, -0.2) is 0 Å². The Balaban J connectivity index is 1.46. The number of fused-ring (bicyclic) bond motifs is 5. The predicted octanol–water partition coefficient (Wildman–Crippen LogP) is 4.70. The Bertz CT molecular complexity index is 924. The van der Waals surface area contributed by atoms with E-state index in [1.54, 1.807) is 0 Å². The molecule has 5 rings (SSSR count). The number of esters is 2. The van der Waals surface area contributed by atoms with Gasteiger partial charge >= 0.3 is 11.9 Å². The molecule has 34 heavy (non-hydrogen) atoms. The average molecular weight is 473 g/mol. The highest BCUT2D eigenvalue weighted by molar-refractivity contribution is 5.66. The molecule has 4 aliphatic carbocycles. The van der Waals surface area contributed by atoms with Crippen molar-refractivity contribution in [1.29, 1.82) is 0 Å². The highest BCUT2D eigenvalue weighted by atomic mass is 16.5. The summed E-state index contributed by atoms with van der Waals surface area (Å²) in [7, 11) is 0. The molecule has 9 atom stereocenters. The summed E-state index contributed by atoms with van der Waals surface area (Å²) in [4.78, 5) is 23.6. The molecule has 0 bridgehead atoms. The highest BCUT2D eigenvalue weighted by Crippen LogP contribution is 2.70. The normalized spacial score (nSPS) is 47.6. The zero-order chi connectivity index (χ0) is 24.5. The van der Waals surface area contributed by atoms with Crippen LogP contribution in [0.1, 0.15) is 79.1 Å². The number of rotatable bonds is 3. The number of carbonyl (C=O) groups is 2. The van der Waals surface area contributed by atoms with E-state index in [1.165, 1.54) is 13.8 Å². The third kappa shape index (κ3) is 3.46. The quantitative estimate of drug-likeness (QED) is 0.600. The highest BCUT2D eigenvalue weighted by Gasteiger charge is 2.70. The van der Waals surface area contributed by atoms with E-state index in [9.17, 15) is 14.7 Å². The molecule has 4 saturated carbocycles. The van der Waals surface area contributed by atoms with E-state index in [0.717, 1.165) is 50.5 Å². The van der Waals surface area contributed by atoms with E-state index in [1.807, 2.05) is 6.08 Å². The van der Waals surface area contributed by atoms with Gasteiger partial charge in [-0.15, -0.1) is 0 Å². The number of hydrogen-bond acceptors (Lipinski definition) is 6. The molecule has 0 unspecified atom stereocenters. The predicted molar refractivity (Wildman–Crippen MR) is 126 cm³/mol. The molecular weight excluding hydrogens is 432 g/mol. The van der Waals surface area contributed by atoms with Gasteiger partial charge < -0.3 is 19.3 Å². The fourth-order valence-electron chi connectivity index (χ4n) is 9.16. The van der Waals surface area contributed by atoms with Crippen LogP contribution in [-0.4, -0.2) is 41.5 Å². The van der Waals surface area contributed by atoms with Crippen LogP contribution in [0.3, 0.4) is 0 Å². The third-order valence-corrected chi connectivity index (χ3v) is 10.6. The van der Waals surface area contributed by atoms with Crippen molar-refractivity contribution in [2.75, 3.05) is 6.61 Å². The Morgan fingerprint density at radius 1 is 1.06 bits per heavy atom. The van der Waals surface area contributed by atoms with Crippen molar-refractivity contribution < 1.29 is 28.9 Å². The second kappa shape index (κ2) is 8.11. The Labute approximate surface area is 203 Å². The van der Waals surface area contributed by atoms with E-state index in [-0.39, 0.29) is 46.8 Å². The summed E-state index contributed by atoms with van der Waals surface area (Å²) in [6.45, 7) is 12.0. The van der Waals surface area contributed by atoms with Gasteiger partial charge in [0.2, 0.25) is 0 Å². The lowest BCUT2D eigenvalue weighted by Crippen LogP contribution is -2.62. The second-order valence-corrected chi connectivity index (χ2v) is 12.2. The molecule has 188 valence electrons. The molecule has 6 nitrogen and oxygen atoms in total. The molecule has 0 radical (unpaired) electrons. The maximum Gasteiger partial charge on any atom is 0.302 e. The molecule has 0 aromatic rings. The topological polar surface area (TPSA) is 82.1 Å². The maximum absolute atomic E-state index is 12.6. The Morgan fingerprint density at radius 2 is 1.79 bits per heavy atom. The molecule has 0 amide bonds. The van der Waals surface area contributed by atoms with Gasteiger partial charge in [-0.05, 0) is 79.8 Å². The van der Waals surface area contributed by atoms with Gasteiger partial charge in [0.1, 0.15) is 24.6 Å². The average Bonchev–Trinajstić information content (AvgIpc) is 3.25. The molecule has 1 heterocycles. The van der Waals surface area contributed by atoms with Gasteiger partial charge in [0.25, 0.3) is 0 Å². The van der Waals surface area contributed by atoms with Gasteiger partial charge in [0.05, 0.1) is 5.60 Å². The first-order chi connectivity index (χ1) is 16.0. The van der Waals surface area contributed by atoms with Crippen LogP contribution in [0.4, 0.5) is 0 Å². The minimum atomic E-state index is -0.897. The van der Waals surface area contributed by atoms with Gasteiger partial charge in [-0.3, -0.25) is 9.59 Å². The van der Waals surface area contributed by atoms with Gasteiger partial charge in [0.15, 0.2) is 0 Å². The fraction of sp³-hybridized carbons (Fsp3) is 0.786. The molecule has 5 aliphatic rings. The molecule has 0 spiro atoms. The standard InChI is InChI=1S/C28H40O6/c1-16-12-19(15-32-16)25-24(34-18(3)30)14-28(31)23-7-6-20-13-21(33-17(2)29)8-10-26(20,4)22(23)9-11-27(25,28)5/h12,20-25,31H,1,6-11,13-15H2,2-5H3/t20-,21+,22+,23-,24+,25+,26+,27-,28+/m1/s1. The Kier molecular flexibility index (Phi) is 5.70. The Morgan fingerprint density at radius 3 is 2.44 bits per heavy atom. The van der Waals surface area contributed by atoms with Crippen molar-refractivity contribution in [2.45, 2.75) is 96.9 Å². The van der Waals surface area contributed by atoms with Crippen LogP contribution in [0, 0.1) is 34.5 Å². The van der Waals surface area contributed by atoms with Gasteiger partial charge in [0, 0.05) is 31.6 Å². The lowest BCUT2D eigenvalue weighted by atomic mass is 9.43. The van der Waals surface area contributed by atoms with Crippen LogP contribution in [0.5, 0.6) is 0 Å². The van der Waals surface area contributed by atoms with Crippen LogP contribution in [0.25, 0.3) is 0 Å². The van der Waals surface area contributed by atoms with E-state index < -0.39 is 5.60 Å². The van der Waals surface area contributed by atoms with Crippen molar-refractivity contribution in [3.05, 3.63) is 24.0 Å². The molecule has 0 saturated heterocycles. The number of ether oxygens (including phenoxy) is 3. The molecule has 4 fully saturated rings. The summed E-state index contributed by atoms with van der Waals surface area (Å²) in [5.41, 5.74) is -0.0523. The first-order valence-corrected chi connectivity index (χ1v) is 13.1. The number of allylic oxidation sites excluding steroid dienone is 1. The minimum absolute atomic E-state index is 0.0238. The van der Waals surface area contributed by atoms with Crippen LogP contribution in [0.2, 0.25) is 0 Å². The summed E-state index contributed by atoms with van der Waals surface area (Å²) in [5.74, 6) is 1.20. The zero-order valence-corrected chi connectivity index (χ0v) is 21.1. The van der Waals surface area contributed by atoms with E-state index in [2.05, 4.69) is 20.4 Å². The van der Waals surface area contributed by atoms with Crippen molar-refractivity contribution in [2.24, 2.45) is 34.5 Å². The van der Waals surface area contributed by atoms with Gasteiger partial charge in [-0.1, -0.05) is 20.4 Å². The van der Waals surface area contributed by atoms with E-state index in [0.29, 0.717) is 30.6 Å². The number of carbonyl (C=O) groups excluding carboxylic acids is 2. The smallest absolute Gasteiger partial charge is 0.302 e. The molecule has 0 aromatic heterocycles. The lowest BCUT2D eigenvalue weighted by Gasteiger charge is -2.63. The summed E-state index contributed by atoms with van der Waals surface area (Å²) < 4.78 is 17.2. The zero-order valence-electron chi connectivity index (χ0n) is 21.1. The first-order valence-electron chi connectivity index (χ1n) is 13.1. The SMILES string of the molecule is C=C1C=C([C@H]2[C@@H](OC(C)=O)C[C@]3(O)[C@@H]4CC[C@@H]5C[C@@H](OC(C)=O)CC[C@]5(C)[C@H]4CC[C@]23C)CO1. The number of aliphatic hydroxyl groups is 1. The summed E-state index contributed by atoms with van der Waals surface area (Å²) in [6, 6.07) is 0. The minimum Gasteiger partial charge on any atom is -0.490 e. The monoisotopic (exact) mass is 472 g/mol. The van der Waals surface area contributed by atoms with Crippen molar-refractivity contribution in [1.82, 2.24) is 0 Å². The van der Waals surface area contributed by atoms with Crippen molar-refractivity contribution in [3.8, 4) is 0 Å². The van der Waals surface area contributed by atoms with Crippen LogP contribution < -0.4 is 0 Å². The van der Waals surface area contributed by atoms with Crippen LogP contribution in [0.15, 0.2) is 24.0 Å². The largest absolute Gasteiger partial charge is 0.490 e. The molecule has 1 N–H and O–H groups in total. The third-order valence-electron chi connectivity index (χ3n) is 10.6. The van der Waals surface area contributed by atoms with Crippen LogP contribution in [-0.2, 0) is 23.8 Å². The van der Waals surface area contributed by atoms with E-state index in [4.69, 9.17) is 14.2 Å². The van der Waals surface area contributed by atoms with E-state index >= 15 is 0 Å². The summed E-state index contributed by atoms with van der Waals surface area (Å²) in [6.07, 6.45) is 8.96. The first kappa shape index (κ1) is 23.9. The molecule has 0 aromatic carbocycles. The van der Waals surface area contributed by atoms with Crippen molar-refractivity contribution >= 4 is 11.9 Å². The fourth-order valence-corrected chi connectivity index (χ4v) is 9.16. The summed E-state index contributed by atoms with van der Waals surface area (Å²) in [5, 5.41) is 12.6. The Hall–Kier alpha value is -1.82. The molecule has 6 heteroatoms. The number of hydrogen-bond donors (Lipinski definition) is 1. The lowest BCUT2D eigenvalue weighted by molar-refractivity contribution is -0.210.